The number of piperidine rings is 1. The Morgan fingerprint density at radius 3 is 2.26 bits per heavy atom. The fourth-order valence-electron chi connectivity index (χ4n) is 5.03. The maximum atomic E-state index is 11.8. The van der Waals surface area contributed by atoms with Crippen molar-refractivity contribution in [3.8, 4) is 11.5 Å². The SMILES string of the molecule is COc1ccc(C2(O)C3CCCC2CN(Cc2cccc(OC)c2)C3)cc1. The molecular formula is C23H29NO3. The van der Waals surface area contributed by atoms with Crippen LogP contribution in [-0.4, -0.2) is 37.3 Å². The molecule has 1 saturated heterocycles. The summed E-state index contributed by atoms with van der Waals surface area (Å²) in [6.07, 6.45) is 3.36. The van der Waals surface area contributed by atoms with Crippen LogP contribution in [0, 0.1) is 11.8 Å². The van der Waals surface area contributed by atoms with Crippen LogP contribution in [0.3, 0.4) is 0 Å². The van der Waals surface area contributed by atoms with Gasteiger partial charge in [0.1, 0.15) is 11.5 Å². The van der Waals surface area contributed by atoms with Crippen molar-refractivity contribution < 1.29 is 14.6 Å². The number of fused-ring (bicyclic) bond motifs is 2. The van der Waals surface area contributed by atoms with E-state index in [0.29, 0.717) is 0 Å². The van der Waals surface area contributed by atoms with Gasteiger partial charge in [-0.15, -0.1) is 0 Å². The lowest BCUT2D eigenvalue weighted by Gasteiger charge is -2.53. The van der Waals surface area contributed by atoms with E-state index in [1.165, 1.54) is 12.0 Å². The monoisotopic (exact) mass is 367 g/mol. The van der Waals surface area contributed by atoms with Crippen molar-refractivity contribution in [2.24, 2.45) is 11.8 Å². The summed E-state index contributed by atoms with van der Waals surface area (Å²) in [5, 5.41) is 11.8. The molecule has 1 saturated carbocycles. The van der Waals surface area contributed by atoms with Gasteiger partial charge >= 0.3 is 0 Å². The van der Waals surface area contributed by atoms with Gasteiger partial charge in [0.25, 0.3) is 0 Å². The lowest BCUT2D eigenvalue weighted by atomic mass is 9.62. The number of benzene rings is 2. The minimum atomic E-state index is -0.727. The van der Waals surface area contributed by atoms with Crippen molar-refractivity contribution in [3.63, 3.8) is 0 Å². The number of likely N-dealkylation sites (tertiary alicyclic amines) is 1. The van der Waals surface area contributed by atoms with E-state index in [4.69, 9.17) is 9.47 Å². The van der Waals surface area contributed by atoms with Crippen LogP contribution in [0.25, 0.3) is 0 Å². The first kappa shape index (κ1) is 18.3. The normalized spacial score (nSPS) is 28.0. The number of methoxy groups -OCH3 is 2. The molecule has 4 heteroatoms. The predicted molar refractivity (Wildman–Crippen MR) is 106 cm³/mol. The first-order valence-electron chi connectivity index (χ1n) is 9.85. The van der Waals surface area contributed by atoms with Crippen LogP contribution in [0.5, 0.6) is 11.5 Å². The molecule has 0 aromatic heterocycles. The Kier molecular flexibility index (Phi) is 5.11. The van der Waals surface area contributed by atoms with Gasteiger partial charge in [-0.1, -0.05) is 30.7 Å². The van der Waals surface area contributed by atoms with Gasteiger partial charge in [0.15, 0.2) is 0 Å². The van der Waals surface area contributed by atoms with E-state index in [9.17, 15) is 5.11 Å². The molecule has 2 atom stereocenters. The number of aliphatic hydroxyl groups is 1. The zero-order chi connectivity index (χ0) is 18.9. The predicted octanol–water partition coefficient (Wildman–Crippen LogP) is 3.82. The first-order valence-corrected chi connectivity index (χ1v) is 9.85. The third kappa shape index (κ3) is 3.44. The van der Waals surface area contributed by atoms with Crippen molar-refractivity contribution in [2.75, 3.05) is 27.3 Å². The second-order valence-electron chi connectivity index (χ2n) is 7.92. The molecule has 0 radical (unpaired) electrons. The molecule has 0 spiro atoms. The largest absolute Gasteiger partial charge is 0.497 e. The van der Waals surface area contributed by atoms with Gasteiger partial charge < -0.3 is 14.6 Å². The summed E-state index contributed by atoms with van der Waals surface area (Å²) in [6, 6.07) is 16.3. The molecule has 4 rings (SSSR count). The summed E-state index contributed by atoms with van der Waals surface area (Å²) in [5.41, 5.74) is 1.58. The van der Waals surface area contributed by atoms with E-state index in [0.717, 1.165) is 49.5 Å². The van der Waals surface area contributed by atoms with Crippen LogP contribution in [-0.2, 0) is 12.1 Å². The van der Waals surface area contributed by atoms with Crippen LogP contribution in [0.1, 0.15) is 30.4 Å². The summed E-state index contributed by atoms with van der Waals surface area (Å²) >= 11 is 0. The highest BCUT2D eigenvalue weighted by atomic mass is 16.5. The molecule has 1 aliphatic carbocycles. The van der Waals surface area contributed by atoms with Crippen LogP contribution >= 0.6 is 0 Å². The Hall–Kier alpha value is -2.04. The Balaban J connectivity index is 1.54. The maximum Gasteiger partial charge on any atom is 0.119 e. The number of hydrogen-bond acceptors (Lipinski definition) is 4. The van der Waals surface area contributed by atoms with Crippen molar-refractivity contribution in [2.45, 2.75) is 31.4 Å². The molecule has 27 heavy (non-hydrogen) atoms. The third-order valence-electron chi connectivity index (χ3n) is 6.40. The van der Waals surface area contributed by atoms with Gasteiger partial charge in [0, 0.05) is 31.5 Å². The summed E-state index contributed by atoms with van der Waals surface area (Å²) in [4.78, 5) is 2.50. The molecule has 1 heterocycles. The van der Waals surface area contributed by atoms with Gasteiger partial charge in [-0.3, -0.25) is 4.90 Å². The topological polar surface area (TPSA) is 41.9 Å². The van der Waals surface area contributed by atoms with Crippen LogP contribution in [0.15, 0.2) is 48.5 Å². The smallest absolute Gasteiger partial charge is 0.119 e. The van der Waals surface area contributed by atoms with Crippen molar-refractivity contribution in [1.82, 2.24) is 4.90 Å². The summed E-state index contributed by atoms with van der Waals surface area (Å²) in [7, 11) is 3.38. The van der Waals surface area contributed by atoms with Crippen LogP contribution < -0.4 is 9.47 Å². The summed E-state index contributed by atoms with van der Waals surface area (Å²) in [5.74, 6) is 2.27. The average molecular weight is 367 g/mol. The number of hydrogen-bond donors (Lipinski definition) is 1. The average Bonchev–Trinajstić information content (AvgIpc) is 2.69. The zero-order valence-corrected chi connectivity index (χ0v) is 16.2. The van der Waals surface area contributed by atoms with Crippen LogP contribution in [0.4, 0.5) is 0 Å². The Morgan fingerprint density at radius 1 is 0.963 bits per heavy atom. The lowest BCUT2D eigenvalue weighted by Crippen LogP contribution is -2.57. The first-order chi connectivity index (χ1) is 13.1. The Morgan fingerprint density at radius 2 is 1.63 bits per heavy atom. The van der Waals surface area contributed by atoms with E-state index >= 15 is 0 Å². The number of nitrogens with zero attached hydrogens (tertiary/aromatic N) is 1. The number of ether oxygens (including phenoxy) is 2. The van der Waals surface area contributed by atoms with E-state index in [2.05, 4.69) is 17.0 Å². The van der Waals surface area contributed by atoms with Gasteiger partial charge in [0.2, 0.25) is 0 Å². The quantitative estimate of drug-likeness (QED) is 0.872. The zero-order valence-electron chi connectivity index (χ0n) is 16.2. The van der Waals surface area contributed by atoms with Crippen LogP contribution in [0.2, 0.25) is 0 Å². The minimum absolute atomic E-state index is 0.268. The highest BCUT2D eigenvalue weighted by molar-refractivity contribution is 5.33. The van der Waals surface area contributed by atoms with Gasteiger partial charge in [-0.2, -0.15) is 0 Å². The molecule has 2 bridgehead atoms. The molecular weight excluding hydrogens is 338 g/mol. The summed E-state index contributed by atoms with van der Waals surface area (Å²) < 4.78 is 10.6. The molecule has 2 fully saturated rings. The second-order valence-corrected chi connectivity index (χ2v) is 7.92. The Labute approximate surface area is 161 Å². The van der Waals surface area contributed by atoms with E-state index < -0.39 is 5.60 Å². The molecule has 2 aromatic carbocycles. The molecule has 2 aromatic rings. The van der Waals surface area contributed by atoms with Gasteiger partial charge in [0.05, 0.1) is 19.8 Å². The maximum absolute atomic E-state index is 11.8. The van der Waals surface area contributed by atoms with E-state index in [-0.39, 0.29) is 11.8 Å². The lowest BCUT2D eigenvalue weighted by molar-refractivity contribution is -0.148. The standard InChI is InChI=1S/C23H29NO3/c1-26-21-11-9-18(10-12-21)23(25)19-6-4-7-20(23)16-24(15-19)14-17-5-3-8-22(13-17)27-2/h3,5,8-13,19-20,25H,4,6-7,14-16H2,1-2H3. The van der Waals surface area contributed by atoms with E-state index in [1.54, 1.807) is 14.2 Å². The number of rotatable bonds is 5. The summed E-state index contributed by atoms with van der Waals surface area (Å²) in [6.45, 7) is 2.76. The highest BCUT2D eigenvalue weighted by Gasteiger charge is 2.51. The molecule has 2 aliphatic rings. The van der Waals surface area contributed by atoms with Gasteiger partial charge in [-0.25, -0.2) is 0 Å². The van der Waals surface area contributed by atoms with E-state index in [1.807, 2.05) is 36.4 Å². The molecule has 0 amide bonds. The molecule has 1 aliphatic heterocycles. The van der Waals surface area contributed by atoms with Crippen molar-refractivity contribution >= 4 is 0 Å². The second kappa shape index (κ2) is 7.53. The Bertz CT molecular complexity index is 759. The fraction of sp³-hybridized carbons (Fsp3) is 0.478. The fourth-order valence-corrected chi connectivity index (χ4v) is 5.03. The molecule has 2 unspecified atom stereocenters. The van der Waals surface area contributed by atoms with Gasteiger partial charge in [-0.05, 0) is 48.2 Å². The molecule has 4 nitrogen and oxygen atoms in total. The highest BCUT2D eigenvalue weighted by Crippen LogP contribution is 2.49. The molecule has 144 valence electrons. The van der Waals surface area contributed by atoms with Crippen molar-refractivity contribution in [1.29, 1.82) is 0 Å². The van der Waals surface area contributed by atoms with Crippen molar-refractivity contribution in [3.05, 3.63) is 59.7 Å². The third-order valence-corrected chi connectivity index (χ3v) is 6.40. The minimum Gasteiger partial charge on any atom is -0.497 e. The molecule has 1 N–H and O–H groups in total.